The Bertz CT molecular complexity index is 2760. The molecule has 2 heterocycles. The van der Waals surface area contributed by atoms with Gasteiger partial charge in [0.2, 0.25) is 33.5 Å². The van der Waals surface area contributed by atoms with Gasteiger partial charge in [-0.2, -0.15) is 15.0 Å². The predicted octanol–water partition coefficient (Wildman–Crippen LogP) is -8.21. The number of pyridine rings is 1. The first kappa shape index (κ1) is 53.8. The van der Waals surface area contributed by atoms with Crippen molar-refractivity contribution in [1.29, 1.82) is 0 Å². The average Bonchev–Trinajstić information content (AvgIpc) is 3.03. The predicted molar refractivity (Wildman–Crippen MR) is 183 cm³/mol. The molecule has 0 atom stereocenters. The van der Waals surface area contributed by atoms with Gasteiger partial charge in [-0.1, -0.05) is 0 Å². The molecule has 0 saturated heterocycles. The molecule has 0 aliphatic heterocycles. The number of nitrogens with zero attached hydrogens (tertiary/aromatic N) is 6. The van der Waals surface area contributed by atoms with Crippen LogP contribution in [0.15, 0.2) is 66.1 Å². The number of anilines is 4. The van der Waals surface area contributed by atoms with E-state index in [-0.39, 0.29) is 123 Å². The fourth-order valence-corrected chi connectivity index (χ4v) is 7.55. The molecule has 0 spiro atoms. The van der Waals surface area contributed by atoms with E-state index in [4.69, 9.17) is 17.3 Å². The molecule has 0 fully saturated rings. The van der Waals surface area contributed by atoms with Crippen LogP contribution in [0, 0.1) is 6.92 Å². The van der Waals surface area contributed by atoms with Crippen molar-refractivity contribution < 1.29 is 150 Å². The minimum atomic E-state index is -5.63. The molecular formula is C26H23ClN9Na3O15S4. The van der Waals surface area contributed by atoms with Crippen LogP contribution in [0.3, 0.4) is 0 Å². The van der Waals surface area contributed by atoms with Gasteiger partial charge in [0, 0.05) is 17.8 Å². The van der Waals surface area contributed by atoms with E-state index in [0.717, 1.165) is 19.1 Å². The van der Waals surface area contributed by atoms with Crippen LogP contribution >= 0.6 is 11.6 Å². The number of hydrogen-bond acceptors (Lipinski definition) is 22. The molecule has 296 valence electrons. The monoisotopic (exact) mass is 933 g/mol. The Morgan fingerprint density at radius 1 is 0.897 bits per heavy atom. The second kappa shape index (κ2) is 21.1. The zero-order chi connectivity index (χ0) is 41.3. The number of sulfone groups is 1. The van der Waals surface area contributed by atoms with Crippen LogP contribution in [0.2, 0.25) is 5.28 Å². The molecule has 4 rings (SSSR count). The summed E-state index contributed by atoms with van der Waals surface area (Å²) in [7, 11) is -20.5. The molecule has 0 aliphatic rings. The van der Waals surface area contributed by atoms with Gasteiger partial charge in [-0.15, -0.1) is 10.2 Å². The minimum absolute atomic E-state index is 0. The summed E-state index contributed by atoms with van der Waals surface area (Å²) < 4.78 is 135. The second-order valence-corrected chi connectivity index (χ2v) is 16.8. The number of carbonyl (C=O) groups is 1. The summed E-state index contributed by atoms with van der Waals surface area (Å²) in [5.74, 6) is -3.81. The molecule has 5 N–H and O–H groups in total. The number of nitrogens with one attached hydrogen (secondary N) is 2. The smallest absolute Gasteiger partial charge is 0.744 e. The van der Waals surface area contributed by atoms with Crippen molar-refractivity contribution in [3.63, 3.8) is 0 Å². The van der Waals surface area contributed by atoms with Crippen LogP contribution in [-0.2, 0) is 51.2 Å². The normalized spacial score (nSPS) is 11.9. The topological polar surface area (TPSA) is 388 Å². The van der Waals surface area contributed by atoms with E-state index in [0.29, 0.717) is 10.6 Å². The van der Waals surface area contributed by atoms with E-state index >= 15 is 0 Å². The summed E-state index contributed by atoms with van der Waals surface area (Å²) in [6.45, 7) is 1.43. The zero-order valence-corrected chi connectivity index (χ0v) is 40.5. The maximum absolute atomic E-state index is 13.0. The van der Waals surface area contributed by atoms with Gasteiger partial charge in [-0.05, 0) is 61.8 Å². The van der Waals surface area contributed by atoms with E-state index in [1.807, 2.05) is 0 Å². The van der Waals surface area contributed by atoms with E-state index in [9.17, 15) is 62.0 Å². The molecule has 2 aromatic carbocycles. The van der Waals surface area contributed by atoms with E-state index < -0.39 is 114 Å². The number of primary amides is 1. The Morgan fingerprint density at radius 2 is 1.45 bits per heavy atom. The van der Waals surface area contributed by atoms with Gasteiger partial charge in [-0.3, -0.25) is 18.3 Å². The first-order valence-corrected chi connectivity index (χ1v) is 20.7. The number of hydrogen-bond donors (Lipinski definition) is 4. The minimum Gasteiger partial charge on any atom is -0.744 e. The Morgan fingerprint density at radius 3 is 1.95 bits per heavy atom. The van der Waals surface area contributed by atoms with Crippen LogP contribution < -0.4 is 111 Å². The van der Waals surface area contributed by atoms with Gasteiger partial charge >= 0.3 is 88.7 Å². The second-order valence-electron chi connectivity index (χ2n) is 10.6. The number of azo groups is 1. The van der Waals surface area contributed by atoms with Gasteiger partial charge in [0.25, 0.3) is 11.5 Å². The summed E-state index contributed by atoms with van der Waals surface area (Å²) in [5, 5.41) is 22.0. The number of halogens is 1. The van der Waals surface area contributed by atoms with Crippen LogP contribution in [-0.4, -0.2) is 90.2 Å². The van der Waals surface area contributed by atoms with Crippen molar-refractivity contribution in [2.45, 2.75) is 35.1 Å². The summed E-state index contributed by atoms with van der Waals surface area (Å²) in [5.41, 5.74) is 1.20. The third-order valence-corrected chi connectivity index (χ3v) is 11.0. The van der Waals surface area contributed by atoms with Crippen LogP contribution in [0.1, 0.15) is 22.8 Å². The van der Waals surface area contributed by atoms with Crippen molar-refractivity contribution in [3.05, 3.63) is 63.2 Å². The standard InChI is InChI=1S/C26H26ClN9O15S4.3Na/c1-3-36-22(38)19(21(28)37)12(2)20(23(36)39)35-34-16-10-15(17(53(42,43)44)11-18(16)54(45,46)47)30-26-32-24(27)31-25(33-26)29-13-4-6-14(7-5-13)52(40,41)9-8-51-55(48,49)50;;;/h4-7,10-11,38H,3,8-9H2,1-2H3,(H2,28,37)(H,42,43,44)(H,45,46,47)(H,48,49,50)(H2,29,30,31,32,33);;;/q;3*+1/p-3. The molecule has 1 amide bonds. The molecule has 0 bridgehead atoms. The molecule has 2 aromatic heterocycles. The third-order valence-electron chi connectivity index (χ3n) is 6.98. The number of aromatic nitrogens is 4. The third kappa shape index (κ3) is 13.7. The van der Waals surface area contributed by atoms with Crippen molar-refractivity contribution in [2.24, 2.45) is 16.0 Å². The van der Waals surface area contributed by atoms with E-state index in [1.54, 1.807) is 0 Å². The summed E-state index contributed by atoms with van der Waals surface area (Å²) in [6.07, 6.45) is 0. The Balaban J connectivity index is 0.00000561. The fourth-order valence-electron chi connectivity index (χ4n) is 4.57. The van der Waals surface area contributed by atoms with Gasteiger partial charge in [0.05, 0.1) is 32.7 Å². The summed E-state index contributed by atoms with van der Waals surface area (Å²) >= 11 is 6.00. The SMILES string of the molecule is CCn1c(O)c(C(N)=O)c(C)c(N=Nc2cc(Nc3nc(Cl)nc(Nc4ccc(S(=O)(=O)CCOS(=O)(=O)[O-])cc4)n3)c(S(=O)(=O)[O-])cc2S(=O)(=O)[O-])c1=O.[Na+].[Na+].[Na+]. The zero-order valence-electron chi connectivity index (χ0n) is 30.5. The number of nitrogens with two attached hydrogens (primary N) is 1. The molecule has 4 aromatic rings. The number of carbonyl (C=O) groups excluding carboxylic acids is 1. The Hall–Kier alpha value is -2.20. The molecule has 58 heavy (non-hydrogen) atoms. The van der Waals surface area contributed by atoms with Gasteiger partial charge < -0.3 is 35.1 Å². The Labute approximate surface area is 400 Å². The molecule has 0 saturated carbocycles. The molecule has 32 heteroatoms. The van der Waals surface area contributed by atoms with Crippen LogP contribution in [0.5, 0.6) is 5.88 Å². The maximum Gasteiger partial charge on any atom is 1.00 e. The summed E-state index contributed by atoms with van der Waals surface area (Å²) in [4.78, 5) is 33.6. The number of amides is 1. The quantitative estimate of drug-likeness (QED) is 0.0372. The van der Waals surface area contributed by atoms with Gasteiger partial charge in [-0.25, -0.2) is 33.7 Å². The number of rotatable bonds is 15. The fraction of sp³-hybridized carbons (Fsp3) is 0.192. The Kier molecular flexibility index (Phi) is 19.5. The first-order valence-electron chi connectivity index (χ1n) is 14.5. The van der Waals surface area contributed by atoms with Crippen molar-refractivity contribution >= 4 is 92.6 Å². The average molecular weight is 934 g/mol. The van der Waals surface area contributed by atoms with Crippen molar-refractivity contribution in [2.75, 3.05) is 23.0 Å². The van der Waals surface area contributed by atoms with Crippen molar-refractivity contribution in [3.8, 4) is 5.88 Å². The molecule has 0 aliphatic carbocycles. The molecular weight excluding hydrogens is 911 g/mol. The van der Waals surface area contributed by atoms with Crippen molar-refractivity contribution in [1.82, 2.24) is 19.5 Å². The van der Waals surface area contributed by atoms with Gasteiger partial charge in [0.15, 0.2) is 15.5 Å². The molecule has 0 radical (unpaired) electrons. The maximum atomic E-state index is 13.0. The molecule has 24 nitrogen and oxygen atoms in total. The number of benzene rings is 2. The first-order chi connectivity index (χ1) is 25.3. The van der Waals surface area contributed by atoms with Gasteiger partial charge in [0.1, 0.15) is 31.5 Å². The van der Waals surface area contributed by atoms with Crippen LogP contribution in [0.4, 0.5) is 34.6 Å². The summed E-state index contributed by atoms with van der Waals surface area (Å²) in [6, 6.07) is 5.31. The number of aromatic hydroxyl groups is 1. The molecule has 0 unspecified atom stereocenters. The van der Waals surface area contributed by atoms with E-state index in [2.05, 4.69) is 40.0 Å². The van der Waals surface area contributed by atoms with Crippen LogP contribution in [0.25, 0.3) is 0 Å². The van der Waals surface area contributed by atoms with E-state index in [1.165, 1.54) is 19.1 Å². The largest absolute Gasteiger partial charge is 1.00 e.